The van der Waals surface area contributed by atoms with Crippen LogP contribution in [0.3, 0.4) is 0 Å². The molecule has 8 N–H and O–H groups in total. The third-order valence-electron chi connectivity index (χ3n) is 10.5. The first-order valence-corrected chi connectivity index (χ1v) is 21.1. The van der Waals surface area contributed by atoms with Gasteiger partial charge in [-0.3, -0.25) is 33.6 Å². The fourth-order valence-electron chi connectivity index (χ4n) is 7.33. The van der Waals surface area contributed by atoms with E-state index in [1.165, 1.54) is 25.8 Å². The van der Waals surface area contributed by atoms with Gasteiger partial charge in [-0.1, -0.05) is 81.4 Å². The Morgan fingerprint density at radius 2 is 1.34 bits per heavy atom. The molecular formula is C47H58F2N8O8. The fourth-order valence-corrected chi connectivity index (χ4v) is 7.33. The molecule has 1 aromatic heterocycles. The van der Waals surface area contributed by atoms with Crippen molar-refractivity contribution in [2.45, 2.75) is 90.6 Å². The van der Waals surface area contributed by atoms with Crippen molar-refractivity contribution in [1.29, 1.82) is 0 Å². The molecule has 0 bridgehead atoms. The number of halogens is 2. The molecule has 7 amide bonds. The number of benzene rings is 3. The van der Waals surface area contributed by atoms with Gasteiger partial charge in [-0.05, 0) is 61.1 Å². The molecule has 5 atom stereocenters. The topological polar surface area (TPSA) is 234 Å². The first-order chi connectivity index (χ1) is 30.7. The molecule has 1 heterocycles. The molecule has 348 valence electrons. The molecule has 0 spiro atoms. The van der Waals surface area contributed by atoms with Crippen molar-refractivity contribution in [2.75, 3.05) is 20.2 Å². The number of nitrogens with one attached hydrogen (secondary N) is 5. The highest BCUT2D eigenvalue weighted by Crippen LogP contribution is 2.41. The average Bonchev–Trinajstić information content (AvgIpc) is 3.66. The second-order valence-corrected chi connectivity index (χ2v) is 16.8. The average molecular weight is 901 g/mol. The third kappa shape index (κ3) is 14.5. The summed E-state index contributed by atoms with van der Waals surface area (Å²) in [4.78, 5) is 93.1. The molecule has 4 aromatic rings. The zero-order chi connectivity index (χ0) is 48.0. The van der Waals surface area contributed by atoms with Gasteiger partial charge in [-0.25, -0.2) is 8.78 Å². The number of aliphatic hydroxyl groups excluding tert-OH is 1. The number of aliphatic hydroxyl groups is 1. The van der Waals surface area contributed by atoms with Crippen LogP contribution in [0.25, 0.3) is 11.1 Å². The first kappa shape index (κ1) is 50.7. The molecule has 0 unspecified atom stereocenters. The lowest BCUT2D eigenvalue weighted by Gasteiger charge is -2.41. The van der Waals surface area contributed by atoms with E-state index in [4.69, 9.17) is 5.73 Å². The van der Waals surface area contributed by atoms with E-state index < -0.39 is 102 Å². The lowest BCUT2D eigenvalue weighted by Crippen LogP contribution is -2.58. The number of carbonyl (C=O) groups excluding carboxylic acids is 7. The number of nitrogens with two attached hydrogens (primary N) is 1. The SMILES string of the molecule is CNC(=O)[C@H](CCN(C(=O)CO)[C@@H](c1cc(-c2cc(F)ccc2F)cn1Cc1ccccc1)C(C)(C)C)NC(=O)[C@H](CC(N)=O)NC(=O)[C@@H](C)NC(=O)[C@H](C)NC(=O)Cc1ccccc1. The lowest BCUT2D eigenvalue weighted by atomic mass is 9.82. The molecule has 0 saturated carbocycles. The largest absolute Gasteiger partial charge is 0.387 e. The molecule has 65 heavy (non-hydrogen) atoms. The Hall–Kier alpha value is -6.95. The highest BCUT2D eigenvalue weighted by Gasteiger charge is 2.38. The van der Waals surface area contributed by atoms with Crippen molar-refractivity contribution < 1.29 is 47.4 Å². The second kappa shape index (κ2) is 23.1. The van der Waals surface area contributed by atoms with Crippen molar-refractivity contribution in [3.8, 4) is 11.1 Å². The van der Waals surface area contributed by atoms with Crippen LogP contribution in [-0.2, 0) is 46.5 Å². The van der Waals surface area contributed by atoms with E-state index in [9.17, 15) is 43.1 Å². The Morgan fingerprint density at radius 1 is 0.754 bits per heavy atom. The summed E-state index contributed by atoms with van der Waals surface area (Å²) >= 11 is 0. The van der Waals surface area contributed by atoms with Gasteiger partial charge in [0.05, 0.1) is 18.9 Å². The molecule has 18 heteroatoms. The molecule has 4 rings (SSSR count). The monoisotopic (exact) mass is 900 g/mol. The quantitative estimate of drug-likeness (QED) is 0.0656. The number of hydrogen-bond donors (Lipinski definition) is 7. The molecule has 0 aliphatic heterocycles. The number of hydrogen-bond acceptors (Lipinski definition) is 8. The van der Waals surface area contributed by atoms with E-state index in [1.807, 2.05) is 55.7 Å². The standard InChI is InChI=1S/C47H58F2N8O8/c1-28(52-40(60)21-30-13-9-7-10-14-30)43(62)53-29(2)44(63)55-37(24-39(50)59)46(65)54-36(45(64)51-6)19-20-57(41(61)27-58)42(47(3,4)5)38-22-32(34-23-33(48)17-18-35(34)49)26-56(38)25-31-15-11-8-12-16-31/h7-18,22-23,26,28-29,36-37,42,58H,19-21,24-25,27H2,1-6H3,(H2,50,59)(H,51,64)(H,52,60)(H,53,62)(H,54,65)(H,55,63)/t28-,29+,36-,37-,42-/m0/s1. The van der Waals surface area contributed by atoms with Crippen LogP contribution >= 0.6 is 0 Å². The summed E-state index contributed by atoms with van der Waals surface area (Å²) in [6.07, 6.45) is 0.732. The van der Waals surface area contributed by atoms with Crippen molar-refractivity contribution >= 4 is 41.4 Å². The Morgan fingerprint density at radius 3 is 1.92 bits per heavy atom. The van der Waals surface area contributed by atoms with Crippen molar-refractivity contribution in [1.82, 2.24) is 36.1 Å². The summed E-state index contributed by atoms with van der Waals surface area (Å²) in [5, 5.41) is 22.7. The molecule has 0 radical (unpaired) electrons. The van der Waals surface area contributed by atoms with Gasteiger partial charge in [-0.2, -0.15) is 0 Å². The second-order valence-electron chi connectivity index (χ2n) is 16.8. The predicted octanol–water partition coefficient (Wildman–Crippen LogP) is 2.62. The number of rotatable bonds is 21. The minimum atomic E-state index is -1.62. The maximum absolute atomic E-state index is 15.2. The highest BCUT2D eigenvalue weighted by atomic mass is 19.1. The van der Waals surface area contributed by atoms with Gasteiger partial charge in [0.1, 0.15) is 42.4 Å². The summed E-state index contributed by atoms with van der Waals surface area (Å²) < 4.78 is 31.5. The Bertz CT molecular complexity index is 2320. The van der Waals surface area contributed by atoms with Gasteiger partial charge in [0, 0.05) is 43.2 Å². The summed E-state index contributed by atoms with van der Waals surface area (Å²) in [5.74, 6) is -6.75. The van der Waals surface area contributed by atoms with Crippen LogP contribution in [0.1, 0.15) is 70.3 Å². The van der Waals surface area contributed by atoms with Crippen LogP contribution in [0.5, 0.6) is 0 Å². The minimum Gasteiger partial charge on any atom is -0.387 e. The number of likely N-dealkylation sites (N-methyl/N-ethyl adjacent to an activating group) is 1. The first-order valence-electron chi connectivity index (χ1n) is 21.1. The molecule has 0 saturated heterocycles. The Labute approximate surface area is 376 Å². The number of nitrogens with zero attached hydrogens (tertiary/aromatic N) is 2. The minimum absolute atomic E-state index is 0.0138. The summed E-state index contributed by atoms with van der Waals surface area (Å²) in [7, 11) is 1.32. The summed E-state index contributed by atoms with van der Waals surface area (Å²) in [6.45, 7) is 7.38. The number of aromatic nitrogens is 1. The van der Waals surface area contributed by atoms with E-state index >= 15 is 4.39 Å². The van der Waals surface area contributed by atoms with Gasteiger partial charge in [-0.15, -0.1) is 0 Å². The van der Waals surface area contributed by atoms with Crippen LogP contribution in [0, 0.1) is 17.0 Å². The molecule has 0 aliphatic carbocycles. The van der Waals surface area contributed by atoms with Gasteiger partial charge >= 0.3 is 0 Å². The zero-order valence-electron chi connectivity index (χ0n) is 37.3. The van der Waals surface area contributed by atoms with Gasteiger partial charge in [0.15, 0.2) is 0 Å². The zero-order valence-corrected chi connectivity index (χ0v) is 37.3. The number of primary amides is 1. The molecule has 16 nitrogen and oxygen atoms in total. The maximum atomic E-state index is 15.2. The maximum Gasteiger partial charge on any atom is 0.248 e. The predicted molar refractivity (Wildman–Crippen MR) is 238 cm³/mol. The van der Waals surface area contributed by atoms with Crippen LogP contribution in [-0.4, -0.2) is 100 Å². The smallest absolute Gasteiger partial charge is 0.248 e. The molecule has 0 fully saturated rings. The van der Waals surface area contributed by atoms with Gasteiger partial charge in [0.2, 0.25) is 41.4 Å². The van der Waals surface area contributed by atoms with E-state index in [-0.39, 0.29) is 31.5 Å². The molecule has 0 aliphatic rings. The van der Waals surface area contributed by atoms with Crippen LogP contribution in [0.4, 0.5) is 8.78 Å². The molecular weight excluding hydrogens is 843 g/mol. The van der Waals surface area contributed by atoms with Crippen molar-refractivity contribution in [3.05, 3.63) is 120 Å². The summed E-state index contributed by atoms with van der Waals surface area (Å²) in [6, 6.07) is 16.7. The van der Waals surface area contributed by atoms with Gasteiger partial charge < -0.3 is 46.9 Å². The van der Waals surface area contributed by atoms with E-state index in [1.54, 1.807) is 42.6 Å². The Balaban J connectivity index is 1.56. The lowest BCUT2D eigenvalue weighted by molar-refractivity contribution is -0.140. The number of amides is 7. The van der Waals surface area contributed by atoms with Crippen LogP contribution in [0.2, 0.25) is 0 Å². The van der Waals surface area contributed by atoms with Crippen LogP contribution in [0.15, 0.2) is 91.1 Å². The van der Waals surface area contributed by atoms with E-state index in [2.05, 4.69) is 26.6 Å². The van der Waals surface area contributed by atoms with Crippen molar-refractivity contribution in [3.63, 3.8) is 0 Å². The van der Waals surface area contributed by atoms with Crippen molar-refractivity contribution in [2.24, 2.45) is 11.1 Å². The van der Waals surface area contributed by atoms with Gasteiger partial charge in [0.25, 0.3) is 0 Å². The molecule has 3 aromatic carbocycles. The Kier molecular flexibility index (Phi) is 18.0. The van der Waals surface area contributed by atoms with E-state index in [0.717, 1.165) is 29.3 Å². The highest BCUT2D eigenvalue weighted by molar-refractivity contribution is 5.97. The third-order valence-corrected chi connectivity index (χ3v) is 10.5. The number of carbonyl (C=O) groups is 7. The fraction of sp³-hybridized carbons (Fsp3) is 0.383. The summed E-state index contributed by atoms with van der Waals surface area (Å²) in [5.41, 5.74) is 7.05. The van der Waals surface area contributed by atoms with Crippen LogP contribution < -0.4 is 32.3 Å². The van der Waals surface area contributed by atoms with E-state index in [0.29, 0.717) is 11.3 Å². The normalized spacial score (nSPS) is 13.6.